The average Bonchev–Trinajstić information content (AvgIpc) is 2.89. The van der Waals surface area contributed by atoms with Gasteiger partial charge < -0.3 is 23.9 Å². The van der Waals surface area contributed by atoms with Gasteiger partial charge in [0, 0.05) is 54.4 Å². The summed E-state index contributed by atoms with van der Waals surface area (Å²) in [5.74, 6) is -0.174. The molecule has 0 bridgehead atoms. The molecule has 0 radical (unpaired) electrons. The number of nitrogens with one attached hydrogen (secondary N) is 2. The van der Waals surface area contributed by atoms with E-state index in [1.54, 1.807) is 6.92 Å². The molecular weight excluding hydrogens is 548 g/mol. The van der Waals surface area contributed by atoms with Crippen LogP contribution in [-0.4, -0.2) is 41.1 Å². The number of amides is 1. The monoisotopic (exact) mass is 592 g/mol. The topological polar surface area (TPSA) is 68.8 Å². The third-order valence-corrected chi connectivity index (χ3v) is 9.10. The molecule has 0 saturated carbocycles. The molecule has 2 aromatic carbocycles. The van der Waals surface area contributed by atoms with Crippen molar-refractivity contribution < 1.29 is 18.1 Å². The molecule has 0 spiro atoms. The predicted molar refractivity (Wildman–Crippen MR) is 163 cm³/mol. The molecule has 1 unspecified atom stereocenters. The Morgan fingerprint density at radius 3 is 1.97 bits per heavy atom. The molecule has 0 aliphatic rings. The van der Waals surface area contributed by atoms with Crippen molar-refractivity contribution in [2.75, 3.05) is 37.0 Å². The summed E-state index contributed by atoms with van der Waals surface area (Å²) in [6, 6.07) is 16.1. The van der Waals surface area contributed by atoms with Crippen molar-refractivity contribution >= 4 is 43.1 Å². The average molecular weight is 594 g/mol. The highest BCUT2D eigenvalue weighted by Crippen LogP contribution is 2.32. The van der Waals surface area contributed by atoms with Crippen LogP contribution in [0.2, 0.25) is 5.54 Å². The van der Waals surface area contributed by atoms with Crippen molar-refractivity contribution in [1.29, 1.82) is 0 Å². The molecule has 1 atom stereocenters. The molecule has 2 N–H and O–H groups in total. The highest BCUT2D eigenvalue weighted by Gasteiger charge is 2.46. The third-order valence-electron chi connectivity index (χ3n) is 5.79. The highest BCUT2D eigenvalue weighted by molar-refractivity contribution is 8.93. The Labute approximate surface area is 235 Å². The minimum Gasteiger partial charge on any atom is -0.385 e. The van der Waals surface area contributed by atoms with E-state index in [1.165, 1.54) is 0 Å². The van der Waals surface area contributed by atoms with E-state index >= 15 is 0 Å². The van der Waals surface area contributed by atoms with Gasteiger partial charge in [0.05, 0.1) is 0 Å². The molecule has 0 heterocycles. The van der Waals surface area contributed by atoms with Crippen molar-refractivity contribution in [1.82, 2.24) is 0 Å². The van der Waals surface area contributed by atoms with E-state index in [2.05, 4.69) is 57.0 Å². The second kappa shape index (κ2) is 17.5. The number of halogens is 1. The maximum Gasteiger partial charge on any atom is 0.504 e. The molecule has 1 amide bonds. The lowest BCUT2D eigenvalue weighted by Gasteiger charge is -2.34. The smallest absolute Gasteiger partial charge is 0.385 e. The lowest BCUT2D eigenvalue weighted by molar-refractivity contribution is -0.112. The zero-order chi connectivity index (χ0) is 26.4. The molecule has 0 aliphatic carbocycles. The van der Waals surface area contributed by atoms with Crippen LogP contribution < -0.4 is 10.6 Å². The lowest BCUT2D eigenvalue weighted by Crippen LogP contribution is -2.50. The fourth-order valence-electron chi connectivity index (χ4n) is 3.74. The van der Waals surface area contributed by atoms with E-state index < -0.39 is 8.80 Å². The van der Waals surface area contributed by atoms with Crippen LogP contribution in [0.25, 0.3) is 11.1 Å². The summed E-state index contributed by atoms with van der Waals surface area (Å²) in [4.78, 5) is 11.9. The zero-order valence-corrected chi connectivity index (χ0v) is 25.8. The van der Waals surface area contributed by atoms with Crippen LogP contribution in [0.4, 0.5) is 11.4 Å². The third kappa shape index (κ3) is 10.4. The van der Waals surface area contributed by atoms with Gasteiger partial charge in [0.1, 0.15) is 0 Å². The summed E-state index contributed by atoms with van der Waals surface area (Å²) in [6.45, 7) is 16.7. The summed E-state index contributed by atoms with van der Waals surface area (Å²) < 4.78 is 19.0. The van der Waals surface area contributed by atoms with Crippen LogP contribution in [0.3, 0.4) is 0 Å². The van der Waals surface area contributed by atoms with E-state index in [0.29, 0.717) is 25.4 Å². The maximum absolute atomic E-state index is 11.9. The number of hydrogen-bond acceptors (Lipinski definition) is 5. The molecule has 6 nitrogen and oxygen atoms in total. The Morgan fingerprint density at radius 1 is 0.919 bits per heavy atom. The Hall–Kier alpha value is -1.97. The van der Waals surface area contributed by atoms with Crippen molar-refractivity contribution in [3.8, 4) is 11.1 Å². The Morgan fingerprint density at radius 2 is 1.46 bits per heavy atom. The SMILES string of the molecule is Br.C=C(C)C(=O)Nc1ccc(-c2ccccc2NCCC(C)[Si](OCCC)(OCCC)OCCC)cc1. The quantitative estimate of drug-likeness (QED) is 0.144. The van der Waals surface area contributed by atoms with Crippen LogP contribution in [0.15, 0.2) is 60.7 Å². The summed E-state index contributed by atoms with van der Waals surface area (Å²) in [5, 5.41) is 6.47. The van der Waals surface area contributed by atoms with Crippen molar-refractivity contribution in [2.24, 2.45) is 0 Å². The van der Waals surface area contributed by atoms with Crippen LogP contribution >= 0.6 is 17.0 Å². The van der Waals surface area contributed by atoms with Gasteiger partial charge in [0.25, 0.3) is 5.91 Å². The number of rotatable bonds is 17. The summed E-state index contributed by atoms with van der Waals surface area (Å²) in [6.07, 6.45) is 3.69. The molecule has 37 heavy (non-hydrogen) atoms. The van der Waals surface area contributed by atoms with Gasteiger partial charge in [-0.15, -0.1) is 17.0 Å². The van der Waals surface area contributed by atoms with E-state index in [4.69, 9.17) is 13.3 Å². The molecule has 0 fully saturated rings. The number of benzene rings is 2. The number of hydrogen-bond donors (Lipinski definition) is 2. The molecule has 0 saturated heterocycles. The largest absolute Gasteiger partial charge is 0.504 e. The molecular formula is C29H45BrN2O4Si. The Kier molecular flexibility index (Phi) is 15.7. The molecule has 0 aliphatic heterocycles. The molecule has 8 heteroatoms. The standard InChI is InChI=1S/C29H44N2O4Si.BrH/c1-7-20-33-36(34-21-8-2,35-22-9-3)24(6)18-19-30-28-13-11-10-12-27(28)25-14-16-26(17-15-25)31-29(32)23(4)5;/h10-17,24,30H,4,7-9,18-22H2,1-3,5-6H3,(H,31,32);1H. The summed E-state index contributed by atoms with van der Waals surface area (Å²) in [5.41, 5.74) is 4.66. The first-order valence-corrected chi connectivity index (χ1v) is 15.0. The van der Waals surface area contributed by atoms with E-state index in [-0.39, 0.29) is 28.4 Å². The normalized spacial score (nSPS) is 11.9. The first-order valence-electron chi connectivity index (χ1n) is 13.2. The van der Waals surface area contributed by atoms with Crippen molar-refractivity contribution in [2.45, 2.75) is 65.8 Å². The second-order valence-electron chi connectivity index (χ2n) is 9.12. The molecule has 2 aromatic rings. The van der Waals surface area contributed by atoms with Gasteiger partial charge in [0.15, 0.2) is 0 Å². The fraction of sp³-hybridized carbons (Fsp3) is 0.483. The maximum atomic E-state index is 11.9. The van der Waals surface area contributed by atoms with Crippen molar-refractivity contribution in [3.05, 3.63) is 60.7 Å². The summed E-state index contributed by atoms with van der Waals surface area (Å²) in [7, 11) is -2.79. The molecule has 206 valence electrons. The van der Waals surface area contributed by atoms with E-state index in [1.807, 2.05) is 36.4 Å². The Balaban J connectivity index is 0.00000684. The lowest BCUT2D eigenvalue weighted by atomic mass is 10.0. The second-order valence-corrected chi connectivity index (χ2v) is 12.2. The number of carbonyl (C=O) groups excluding carboxylic acids is 1. The van der Waals surface area contributed by atoms with Crippen molar-refractivity contribution in [3.63, 3.8) is 0 Å². The van der Waals surface area contributed by atoms with Gasteiger partial charge in [0.2, 0.25) is 0 Å². The van der Waals surface area contributed by atoms with E-state index in [0.717, 1.165) is 54.7 Å². The fourth-order valence-corrected chi connectivity index (χ4v) is 6.81. The van der Waals surface area contributed by atoms with Crippen LogP contribution in [-0.2, 0) is 18.1 Å². The van der Waals surface area contributed by atoms with Gasteiger partial charge >= 0.3 is 8.80 Å². The van der Waals surface area contributed by atoms with Gasteiger partial charge in [-0.3, -0.25) is 4.79 Å². The first-order chi connectivity index (χ1) is 17.4. The van der Waals surface area contributed by atoms with Gasteiger partial charge in [-0.25, -0.2) is 0 Å². The number of carbonyl (C=O) groups is 1. The van der Waals surface area contributed by atoms with Gasteiger partial charge in [-0.05, 0) is 56.4 Å². The predicted octanol–water partition coefficient (Wildman–Crippen LogP) is 7.86. The number of para-hydroxylation sites is 1. The van der Waals surface area contributed by atoms with Crippen LogP contribution in [0.5, 0.6) is 0 Å². The zero-order valence-electron chi connectivity index (χ0n) is 23.1. The number of anilines is 2. The summed E-state index contributed by atoms with van der Waals surface area (Å²) >= 11 is 0. The van der Waals surface area contributed by atoms with Crippen LogP contribution in [0, 0.1) is 0 Å². The minimum absolute atomic E-state index is 0. The highest BCUT2D eigenvalue weighted by atomic mass is 79.9. The van der Waals surface area contributed by atoms with Crippen LogP contribution in [0.1, 0.15) is 60.3 Å². The Bertz CT molecular complexity index is 933. The first kappa shape index (κ1) is 33.1. The van der Waals surface area contributed by atoms with Gasteiger partial charge in [-0.1, -0.05) is 64.6 Å². The minimum atomic E-state index is -2.79. The molecule has 0 aromatic heterocycles. The van der Waals surface area contributed by atoms with Gasteiger partial charge in [-0.2, -0.15) is 0 Å². The van der Waals surface area contributed by atoms with E-state index in [9.17, 15) is 4.79 Å². The molecule has 2 rings (SSSR count).